The van der Waals surface area contributed by atoms with Crippen LogP contribution in [0.1, 0.15) is 52.4 Å². The molecule has 1 aromatic carbocycles. The fourth-order valence-electron chi connectivity index (χ4n) is 6.59. The van der Waals surface area contributed by atoms with Crippen molar-refractivity contribution >= 4 is 5.82 Å². The molecule has 2 saturated carbocycles. The minimum absolute atomic E-state index is 0.0495. The minimum atomic E-state index is -0.963. The highest BCUT2D eigenvalue weighted by molar-refractivity contribution is 5.74. The first kappa shape index (κ1) is 24.4. The van der Waals surface area contributed by atoms with E-state index in [1.807, 2.05) is 6.07 Å². The zero-order valence-corrected chi connectivity index (χ0v) is 21.0. The summed E-state index contributed by atoms with van der Waals surface area (Å²) in [7, 11) is 2.06. The van der Waals surface area contributed by atoms with Crippen molar-refractivity contribution in [2.45, 2.75) is 65.2 Å². The standard InChI is InChI=1S/C28H32F2N4O2/c1-27-8-4-9-28(2,16-27)15-19(14-27)33(3)25-6-5-23(31-32-25)21-12-22(30)20(13-24(21)35)18-7-10-34(17-29)26(36)11-18/h5-7,10-13,19,35H,4,8-9,14-17H2,1-3H3/t19?,27-,28+. The molecule has 5 rings (SSSR count). The van der Waals surface area contributed by atoms with E-state index in [2.05, 4.69) is 36.0 Å². The molecule has 2 aliphatic carbocycles. The summed E-state index contributed by atoms with van der Waals surface area (Å²) in [5, 5.41) is 19.4. The Morgan fingerprint density at radius 1 is 1.08 bits per heavy atom. The fourth-order valence-corrected chi connectivity index (χ4v) is 6.59. The van der Waals surface area contributed by atoms with Gasteiger partial charge in [-0.05, 0) is 78.8 Å². The Morgan fingerprint density at radius 3 is 2.42 bits per heavy atom. The van der Waals surface area contributed by atoms with E-state index in [1.54, 1.807) is 6.07 Å². The third-order valence-electron chi connectivity index (χ3n) is 8.23. The van der Waals surface area contributed by atoms with Crippen LogP contribution in [-0.4, -0.2) is 33.0 Å². The molecular weight excluding hydrogens is 462 g/mol. The van der Waals surface area contributed by atoms with E-state index in [9.17, 15) is 14.3 Å². The molecule has 2 heterocycles. The van der Waals surface area contributed by atoms with Crippen LogP contribution in [0.3, 0.4) is 0 Å². The predicted octanol–water partition coefficient (Wildman–Crippen LogP) is 5.93. The summed E-state index contributed by atoms with van der Waals surface area (Å²) in [5.74, 6) is -0.0585. The van der Waals surface area contributed by atoms with Gasteiger partial charge in [0.25, 0.3) is 5.56 Å². The van der Waals surface area contributed by atoms with Crippen LogP contribution < -0.4 is 10.5 Å². The molecule has 8 heteroatoms. The number of benzene rings is 1. The molecule has 2 bridgehead atoms. The second-order valence-corrected chi connectivity index (χ2v) is 11.3. The van der Waals surface area contributed by atoms with Gasteiger partial charge < -0.3 is 10.0 Å². The number of phenols is 1. The summed E-state index contributed by atoms with van der Waals surface area (Å²) in [6.45, 7) is 3.85. The SMILES string of the molecule is CN(c1ccc(-c2cc(F)c(-c3ccn(CF)c(=O)c3)cc2O)nn1)C1C[C@]2(C)CCC[C@](C)(C1)C2. The Kier molecular flexibility index (Phi) is 6.09. The van der Waals surface area contributed by atoms with Crippen molar-refractivity contribution in [3.05, 3.63) is 58.8 Å². The maximum absolute atomic E-state index is 15.0. The van der Waals surface area contributed by atoms with Crippen molar-refractivity contribution < 1.29 is 13.9 Å². The van der Waals surface area contributed by atoms with Gasteiger partial charge in [-0.2, -0.15) is 0 Å². The average Bonchev–Trinajstić information content (AvgIpc) is 2.83. The van der Waals surface area contributed by atoms with E-state index in [4.69, 9.17) is 0 Å². The van der Waals surface area contributed by atoms with Crippen molar-refractivity contribution in [2.75, 3.05) is 11.9 Å². The number of aromatic hydroxyl groups is 1. The van der Waals surface area contributed by atoms with Gasteiger partial charge in [-0.25, -0.2) is 8.78 Å². The number of rotatable bonds is 5. The number of pyridine rings is 1. The van der Waals surface area contributed by atoms with Crippen LogP contribution in [0.4, 0.5) is 14.6 Å². The van der Waals surface area contributed by atoms with Crippen molar-refractivity contribution in [3.63, 3.8) is 0 Å². The molecule has 190 valence electrons. The second kappa shape index (κ2) is 8.98. The molecule has 0 saturated heterocycles. The van der Waals surface area contributed by atoms with Gasteiger partial charge in [-0.15, -0.1) is 10.2 Å². The molecule has 1 unspecified atom stereocenters. The van der Waals surface area contributed by atoms with Crippen molar-refractivity contribution in [2.24, 2.45) is 10.8 Å². The van der Waals surface area contributed by atoms with Crippen LogP contribution in [0.15, 0.2) is 47.4 Å². The average molecular weight is 495 g/mol. The van der Waals surface area contributed by atoms with E-state index in [0.717, 1.165) is 29.3 Å². The predicted molar refractivity (Wildman–Crippen MR) is 136 cm³/mol. The summed E-state index contributed by atoms with van der Waals surface area (Å²) in [5.41, 5.74) is 0.999. The molecule has 2 aliphatic rings. The molecule has 6 nitrogen and oxygen atoms in total. The summed E-state index contributed by atoms with van der Waals surface area (Å²) >= 11 is 0. The largest absolute Gasteiger partial charge is 0.507 e. The summed E-state index contributed by atoms with van der Waals surface area (Å²) in [6.07, 6.45) is 8.64. The highest BCUT2D eigenvalue weighted by atomic mass is 19.1. The van der Waals surface area contributed by atoms with Gasteiger partial charge in [0.2, 0.25) is 0 Å². The molecule has 2 fully saturated rings. The second-order valence-electron chi connectivity index (χ2n) is 11.3. The Bertz CT molecular complexity index is 1320. The number of aromatic nitrogens is 3. The summed E-state index contributed by atoms with van der Waals surface area (Å²) in [4.78, 5) is 14.1. The highest BCUT2D eigenvalue weighted by Crippen LogP contribution is 2.56. The lowest BCUT2D eigenvalue weighted by atomic mass is 9.55. The van der Waals surface area contributed by atoms with Crippen LogP contribution in [0, 0.1) is 16.6 Å². The molecule has 2 aromatic heterocycles. The van der Waals surface area contributed by atoms with Gasteiger partial charge in [0.15, 0.2) is 12.6 Å². The lowest BCUT2D eigenvalue weighted by Crippen LogP contribution is -2.49. The monoisotopic (exact) mass is 494 g/mol. The number of alkyl halides is 1. The van der Waals surface area contributed by atoms with Crippen molar-refractivity contribution in [1.29, 1.82) is 0 Å². The van der Waals surface area contributed by atoms with Gasteiger partial charge in [-0.3, -0.25) is 9.36 Å². The molecule has 0 radical (unpaired) electrons. The molecule has 0 aliphatic heterocycles. The maximum atomic E-state index is 15.0. The van der Waals surface area contributed by atoms with Crippen LogP contribution >= 0.6 is 0 Å². The summed E-state index contributed by atoms with van der Waals surface area (Å²) in [6, 6.07) is 8.99. The normalized spacial score (nSPS) is 25.5. The maximum Gasteiger partial charge on any atom is 0.253 e. The van der Waals surface area contributed by atoms with Crippen LogP contribution in [0.2, 0.25) is 0 Å². The van der Waals surface area contributed by atoms with Crippen LogP contribution in [0.25, 0.3) is 22.4 Å². The Labute approximate surface area is 209 Å². The van der Waals surface area contributed by atoms with Crippen LogP contribution in [-0.2, 0) is 6.80 Å². The van der Waals surface area contributed by atoms with E-state index in [1.165, 1.54) is 50.1 Å². The number of phenolic OH excluding ortho intramolecular Hbond substituents is 1. The molecule has 1 N–H and O–H groups in total. The van der Waals surface area contributed by atoms with Gasteiger partial charge in [0.1, 0.15) is 11.6 Å². The highest BCUT2D eigenvalue weighted by Gasteiger charge is 2.47. The quantitative estimate of drug-likeness (QED) is 0.476. The molecule has 3 atom stereocenters. The topological polar surface area (TPSA) is 71.2 Å². The van der Waals surface area contributed by atoms with Gasteiger partial charge in [-0.1, -0.05) is 20.3 Å². The first-order chi connectivity index (χ1) is 17.1. The number of fused-ring (bicyclic) bond motifs is 2. The van der Waals surface area contributed by atoms with Crippen molar-refractivity contribution in [1.82, 2.24) is 14.8 Å². The molecule has 36 heavy (non-hydrogen) atoms. The number of hydrogen-bond donors (Lipinski definition) is 1. The summed E-state index contributed by atoms with van der Waals surface area (Å²) < 4.78 is 28.7. The molecule has 0 amide bonds. The smallest absolute Gasteiger partial charge is 0.253 e. The molecular formula is C28H32F2N4O2. The molecule has 3 aromatic rings. The lowest BCUT2D eigenvalue weighted by Gasteiger charge is -2.54. The van der Waals surface area contributed by atoms with Gasteiger partial charge >= 0.3 is 0 Å². The van der Waals surface area contributed by atoms with E-state index in [0.29, 0.717) is 22.6 Å². The first-order valence-corrected chi connectivity index (χ1v) is 12.5. The van der Waals surface area contributed by atoms with E-state index < -0.39 is 18.2 Å². The van der Waals surface area contributed by atoms with Gasteiger partial charge in [0, 0.05) is 36.5 Å². The van der Waals surface area contributed by atoms with E-state index >= 15 is 4.39 Å². The van der Waals surface area contributed by atoms with E-state index in [-0.39, 0.29) is 22.4 Å². The Morgan fingerprint density at radius 2 is 1.81 bits per heavy atom. The third-order valence-corrected chi connectivity index (χ3v) is 8.23. The Balaban J connectivity index is 1.38. The van der Waals surface area contributed by atoms with Gasteiger partial charge in [0.05, 0.1) is 5.69 Å². The molecule has 0 spiro atoms. The fraction of sp³-hybridized carbons (Fsp3) is 0.464. The number of nitrogens with zero attached hydrogens (tertiary/aromatic N) is 4. The van der Waals surface area contributed by atoms with Crippen molar-refractivity contribution in [3.8, 4) is 28.1 Å². The minimum Gasteiger partial charge on any atom is -0.507 e. The zero-order chi connectivity index (χ0) is 25.7. The van der Waals surface area contributed by atoms with Crippen LogP contribution in [0.5, 0.6) is 5.75 Å². The lowest BCUT2D eigenvalue weighted by molar-refractivity contribution is 0.0141. The third kappa shape index (κ3) is 4.49. The number of hydrogen-bond acceptors (Lipinski definition) is 5. The number of anilines is 1. The number of halogens is 2. The Hall–Kier alpha value is -3.29. The first-order valence-electron chi connectivity index (χ1n) is 12.5. The zero-order valence-electron chi connectivity index (χ0n) is 21.0.